The number of hydrogen-bond donors (Lipinski definition) is 2. The second kappa shape index (κ2) is 7.01. The number of nitrogens with one attached hydrogen (secondary N) is 2. The standard InChI is InChI=1S/C14H20BrFN2O/c1-4-17-8-13(19)18-9-14(2,3)11-7-10(15)5-6-12(11)16/h5-7,17H,4,8-9H2,1-3H3,(H,18,19). The van der Waals surface area contributed by atoms with Gasteiger partial charge in [-0.3, -0.25) is 4.79 Å². The Bertz CT molecular complexity index is 449. The van der Waals surface area contributed by atoms with Gasteiger partial charge < -0.3 is 10.6 Å². The Balaban J connectivity index is 2.70. The smallest absolute Gasteiger partial charge is 0.233 e. The normalized spacial score (nSPS) is 11.4. The fourth-order valence-electron chi connectivity index (χ4n) is 1.73. The molecule has 0 aliphatic rings. The molecule has 1 aromatic carbocycles. The summed E-state index contributed by atoms with van der Waals surface area (Å²) in [5.41, 5.74) is 0.126. The van der Waals surface area contributed by atoms with E-state index in [-0.39, 0.29) is 18.3 Å². The van der Waals surface area contributed by atoms with Crippen molar-refractivity contribution in [2.75, 3.05) is 19.6 Å². The number of halogens is 2. The first-order chi connectivity index (χ1) is 8.86. The molecule has 106 valence electrons. The van der Waals surface area contributed by atoms with E-state index in [1.807, 2.05) is 20.8 Å². The Morgan fingerprint density at radius 3 is 2.74 bits per heavy atom. The molecule has 0 atom stereocenters. The molecule has 0 unspecified atom stereocenters. The highest BCUT2D eigenvalue weighted by Crippen LogP contribution is 2.27. The van der Waals surface area contributed by atoms with Crippen molar-refractivity contribution in [3.05, 3.63) is 34.1 Å². The Morgan fingerprint density at radius 2 is 2.11 bits per heavy atom. The lowest BCUT2D eigenvalue weighted by molar-refractivity contribution is -0.120. The third-order valence-electron chi connectivity index (χ3n) is 2.92. The van der Waals surface area contributed by atoms with E-state index in [0.717, 1.165) is 11.0 Å². The zero-order valence-corrected chi connectivity index (χ0v) is 13.1. The SMILES string of the molecule is CCNCC(=O)NCC(C)(C)c1cc(Br)ccc1F. The molecule has 0 saturated heterocycles. The minimum absolute atomic E-state index is 0.0784. The molecule has 1 amide bonds. The van der Waals surface area contributed by atoms with Crippen molar-refractivity contribution in [1.29, 1.82) is 0 Å². The molecule has 0 heterocycles. The van der Waals surface area contributed by atoms with Crippen LogP contribution >= 0.6 is 15.9 Å². The van der Waals surface area contributed by atoms with Gasteiger partial charge in [0.25, 0.3) is 0 Å². The van der Waals surface area contributed by atoms with Gasteiger partial charge >= 0.3 is 0 Å². The van der Waals surface area contributed by atoms with Gasteiger partial charge in [-0.15, -0.1) is 0 Å². The van der Waals surface area contributed by atoms with Crippen LogP contribution in [-0.4, -0.2) is 25.5 Å². The van der Waals surface area contributed by atoms with Gasteiger partial charge in [0, 0.05) is 16.4 Å². The summed E-state index contributed by atoms with van der Waals surface area (Å²) in [6, 6.07) is 4.85. The molecular formula is C14H20BrFN2O. The van der Waals surface area contributed by atoms with Crippen LogP contribution in [-0.2, 0) is 10.2 Å². The second-order valence-corrected chi connectivity index (χ2v) is 5.98. The van der Waals surface area contributed by atoms with Crippen molar-refractivity contribution >= 4 is 21.8 Å². The minimum Gasteiger partial charge on any atom is -0.354 e. The maximum atomic E-state index is 13.8. The fourth-order valence-corrected chi connectivity index (χ4v) is 2.09. The van der Waals surface area contributed by atoms with Crippen molar-refractivity contribution in [3.63, 3.8) is 0 Å². The van der Waals surface area contributed by atoms with E-state index >= 15 is 0 Å². The number of hydrogen-bond acceptors (Lipinski definition) is 2. The third-order valence-corrected chi connectivity index (χ3v) is 3.41. The number of carbonyl (C=O) groups excluding carboxylic acids is 1. The van der Waals surface area contributed by atoms with Crippen LogP contribution in [0.1, 0.15) is 26.3 Å². The zero-order valence-electron chi connectivity index (χ0n) is 11.5. The Labute approximate surface area is 122 Å². The first kappa shape index (κ1) is 16.1. The van der Waals surface area contributed by atoms with Crippen LogP contribution in [0.3, 0.4) is 0 Å². The third kappa shape index (κ3) is 4.91. The van der Waals surface area contributed by atoms with Crippen molar-refractivity contribution in [3.8, 4) is 0 Å². The molecule has 1 rings (SSSR count). The summed E-state index contributed by atoms with van der Waals surface area (Å²) in [5, 5.41) is 5.77. The van der Waals surface area contributed by atoms with E-state index in [1.54, 1.807) is 12.1 Å². The molecule has 0 aliphatic carbocycles. The van der Waals surface area contributed by atoms with Crippen LogP contribution in [0.4, 0.5) is 4.39 Å². The van der Waals surface area contributed by atoms with Crippen LogP contribution in [0.25, 0.3) is 0 Å². The lowest BCUT2D eigenvalue weighted by Crippen LogP contribution is -2.41. The van der Waals surface area contributed by atoms with Crippen molar-refractivity contribution in [2.24, 2.45) is 0 Å². The first-order valence-corrected chi connectivity index (χ1v) is 7.09. The minimum atomic E-state index is -0.463. The number of rotatable bonds is 6. The maximum Gasteiger partial charge on any atom is 0.233 e. The zero-order chi connectivity index (χ0) is 14.5. The lowest BCUT2D eigenvalue weighted by Gasteiger charge is -2.26. The fraction of sp³-hybridized carbons (Fsp3) is 0.500. The number of amides is 1. The molecule has 19 heavy (non-hydrogen) atoms. The van der Waals surface area contributed by atoms with Gasteiger partial charge in [-0.1, -0.05) is 36.7 Å². The van der Waals surface area contributed by atoms with Gasteiger partial charge in [-0.25, -0.2) is 4.39 Å². The molecule has 1 aromatic rings. The van der Waals surface area contributed by atoms with Gasteiger partial charge in [0.1, 0.15) is 5.82 Å². The molecule has 0 fully saturated rings. The van der Waals surface area contributed by atoms with Crippen LogP contribution in [0, 0.1) is 5.82 Å². The molecule has 0 saturated carbocycles. The lowest BCUT2D eigenvalue weighted by atomic mass is 9.84. The van der Waals surface area contributed by atoms with Gasteiger partial charge in [0.05, 0.1) is 6.54 Å². The molecule has 0 radical (unpaired) electrons. The van der Waals surface area contributed by atoms with Crippen LogP contribution < -0.4 is 10.6 Å². The molecule has 2 N–H and O–H groups in total. The largest absolute Gasteiger partial charge is 0.354 e. The summed E-state index contributed by atoms with van der Waals surface area (Å²) >= 11 is 3.34. The quantitative estimate of drug-likeness (QED) is 0.841. The van der Waals surface area contributed by atoms with Gasteiger partial charge in [0.15, 0.2) is 0 Å². The van der Waals surface area contributed by atoms with Gasteiger partial charge in [0.2, 0.25) is 5.91 Å². The van der Waals surface area contributed by atoms with Gasteiger partial charge in [-0.05, 0) is 30.3 Å². The second-order valence-electron chi connectivity index (χ2n) is 5.07. The van der Waals surface area contributed by atoms with Gasteiger partial charge in [-0.2, -0.15) is 0 Å². The summed E-state index contributed by atoms with van der Waals surface area (Å²) < 4.78 is 14.7. The monoisotopic (exact) mass is 330 g/mol. The van der Waals surface area contributed by atoms with E-state index in [4.69, 9.17) is 0 Å². The molecular weight excluding hydrogens is 311 g/mol. The number of benzene rings is 1. The molecule has 3 nitrogen and oxygen atoms in total. The summed E-state index contributed by atoms with van der Waals surface area (Å²) in [4.78, 5) is 11.6. The topological polar surface area (TPSA) is 41.1 Å². The van der Waals surface area contributed by atoms with Crippen LogP contribution in [0.2, 0.25) is 0 Å². The number of likely N-dealkylation sites (N-methyl/N-ethyl adjacent to an activating group) is 1. The molecule has 5 heteroatoms. The van der Waals surface area contributed by atoms with Crippen molar-refractivity contribution < 1.29 is 9.18 Å². The van der Waals surface area contributed by atoms with E-state index < -0.39 is 5.41 Å². The average molecular weight is 331 g/mol. The molecule has 0 aliphatic heterocycles. The average Bonchev–Trinajstić information content (AvgIpc) is 2.36. The van der Waals surface area contributed by atoms with E-state index in [0.29, 0.717) is 12.1 Å². The highest BCUT2D eigenvalue weighted by molar-refractivity contribution is 9.10. The van der Waals surface area contributed by atoms with Crippen LogP contribution in [0.5, 0.6) is 0 Å². The highest BCUT2D eigenvalue weighted by atomic mass is 79.9. The first-order valence-electron chi connectivity index (χ1n) is 6.29. The summed E-state index contributed by atoms with van der Waals surface area (Å²) in [6.45, 7) is 7.18. The van der Waals surface area contributed by atoms with Crippen LogP contribution in [0.15, 0.2) is 22.7 Å². The predicted octanol–water partition coefficient (Wildman–Crippen LogP) is 2.59. The van der Waals surface area contributed by atoms with E-state index in [2.05, 4.69) is 26.6 Å². The Morgan fingerprint density at radius 1 is 1.42 bits per heavy atom. The molecule has 0 aromatic heterocycles. The predicted molar refractivity (Wildman–Crippen MR) is 78.7 cm³/mol. The Hall–Kier alpha value is -0.940. The van der Waals surface area contributed by atoms with E-state index in [9.17, 15) is 9.18 Å². The Kier molecular flexibility index (Phi) is 5.94. The summed E-state index contributed by atoms with van der Waals surface area (Å²) in [6.07, 6.45) is 0. The van der Waals surface area contributed by atoms with Crippen molar-refractivity contribution in [2.45, 2.75) is 26.2 Å². The summed E-state index contributed by atoms with van der Waals surface area (Å²) in [7, 11) is 0. The molecule has 0 bridgehead atoms. The van der Waals surface area contributed by atoms with Crippen molar-refractivity contribution in [1.82, 2.24) is 10.6 Å². The number of carbonyl (C=O) groups is 1. The molecule has 0 spiro atoms. The maximum absolute atomic E-state index is 13.8. The van der Waals surface area contributed by atoms with E-state index in [1.165, 1.54) is 6.07 Å². The summed E-state index contributed by atoms with van der Waals surface area (Å²) in [5.74, 6) is -0.334. The highest BCUT2D eigenvalue weighted by Gasteiger charge is 2.25.